The molecule has 0 fully saturated rings. The highest BCUT2D eigenvalue weighted by Gasteiger charge is 2.43. The molecule has 1 heteroatoms. The normalized spacial score (nSPS) is 14.8. The maximum Gasteiger partial charge on any atom is 0.119 e. The highest BCUT2D eigenvalue weighted by molar-refractivity contribution is 5.44. The largest absolute Gasteiger partial charge is 0.508 e. The Hall–Kier alpha value is -1.76. The van der Waals surface area contributed by atoms with Crippen molar-refractivity contribution in [2.75, 3.05) is 0 Å². The Labute approximate surface area is 122 Å². The Bertz CT molecular complexity index is 571. The van der Waals surface area contributed by atoms with Crippen LogP contribution in [0.25, 0.3) is 0 Å². The van der Waals surface area contributed by atoms with E-state index < -0.39 is 0 Å². The highest BCUT2D eigenvalue weighted by atomic mass is 16.3. The average Bonchev–Trinajstić information content (AvgIpc) is 2.47. The molecule has 2 aromatic carbocycles. The molecule has 0 bridgehead atoms. The summed E-state index contributed by atoms with van der Waals surface area (Å²) in [4.78, 5) is 0. The molecule has 0 aromatic heterocycles. The molecule has 1 N–H and O–H groups in total. The van der Waals surface area contributed by atoms with Crippen LogP contribution in [0.3, 0.4) is 0 Å². The van der Waals surface area contributed by atoms with E-state index in [4.69, 9.17) is 0 Å². The van der Waals surface area contributed by atoms with E-state index in [1.165, 1.54) is 5.56 Å². The van der Waals surface area contributed by atoms with Crippen molar-refractivity contribution in [2.45, 2.75) is 44.9 Å². The van der Waals surface area contributed by atoms with Gasteiger partial charge in [-0.1, -0.05) is 76.2 Å². The number of para-hydroxylation sites is 1. The van der Waals surface area contributed by atoms with Crippen LogP contribution >= 0.6 is 0 Å². The van der Waals surface area contributed by atoms with E-state index >= 15 is 0 Å². The summed E-state index contributed by atoms with van der Waals surface area (Å²) in [6, 6.07) is 18.3. The summed E-state index contributed by atoms with van der Waals surface area (Å²) >= 11 is 0. The summed E-state index contributed by atoms with van der Waals surface area (Å²) in [7, 11) is 0. The molecule has 1 nitrogen and oxygen atoms in total. The van der Waals surface area contributed by atoms with Crippen molar-refractivity contribution >= 4 is 0 Å². The van der Waals surface area contributed by atoms with Crippen molar-refractivity contribution in [2.24, 2.45) is 0 Å². The molecule has 1 unspecified atom stereocenters. The van der Waals surface area contributed by atoms with Crippen LogP contribution in [0.4, 0.5) is 0 Å². The lowest BCUT2D eigenvalue weighted by Crippen LogP contribution is -2.42. The van der Waals surface area contributed by atoms with Gasteiger partial charge in [-0.2, -0.15) is 0 Å². The monoisotopic (exact) mass is 268 g/mol. The minimum absolute atomic E-state index is 0.0676. The summed E-state index contributed by atoms with van der Waals surface area (Å²) in [5.41, 5.74) is 2.13. The Morgan fingerprint density at radius 2 is 1.40 bits per heavy atom. The molecule has 0 aliphatic carbocycles. The molecule has 20 heavy (non-hydrogen) atoms. The zero-order chi connectivity index (χ0) is 14.8. The van der Waals surface area contributed by atoms with Gasteiger partial charge in [0.1, 0.15) is 5.75 Å². The lowest BCUT2D eigenvalue weighted by molar-refractivity contribution is 0.258. The second-order valence-electron chi connectivity index (χ2n) is 6.19. The van der Waals surface area contributed by atoms with Gasteiger partial charge in [0.2, 0.25) is 0 Å². The molecule has 0 spiro atoms. The number of phenols is 1. The average molecular weight is 268 g/mol. The van der Waals surface area contributed by atoms with Crippen molar-refractivity contribution < 1.29 is 5.11 Å². The van der Waals surface area contributed by atoms with Gasteiger partial charge in [-0.15, -0.1) is 0 Å². The van der Waals surface area contributed by atoms with Crippen LogP contribution in [0, 0.1) is 0 Å². The second kappa shape index (κ2) is 5.32. The van der Waals surface area contributed by atoms with E-state index in [2.05, 4.69) is 52.0 Å². The Morgan fingerprint density at radius 1 is 0.850 bits per heavy atom. The summed E-state index contributed by atoms with van der Waals surface area (Å²) < 4.78 is 0. The van der Waals surface area contributed by atoms with Crippen LogP contribution in [0.1, 0.15) is 45.2 Å². The van der Waals surface area contributed by atoms with Crippen LogP contribution in [-0.2, 0) is 10.8 Å². The fraction of sp³-hybridized carbons (Fsp3) is 0.368. The first-order valence-corrected chi connectivity index (χ1v) is 7.27. The van der Waals surface area contributed by atoms with Gasteiger partial charge >= 0.3 is 0 Å². The minimum atomic E-state index is -0.125. The maximum absolute atomic E-state index is 10.3. The van der Waals surface area contributed by atoms with E-state index in [1.54, 1.807) is 6.07 Å². The third kappa shape index (κ3) is 2.22. The van der Waals surface area contributed by atoms with Crippen LogP contribution < -0.4 is 0 Å². The molecule has 0 aliphatic rings. The lowest BCUT2D eigenvalue weighted by Gasteiger charge is -2.45. The molecule has 1 atom stereocenters. The van der Waals surface area contributed by atoms with Crippen molar-refractivity contribution in [1.82, 2.24) is 0 Å². The molecular formula is C19H24O. The van der Waals surface area contributed by atoms with E-state index in [-0.39, 0.29) is 10.8 Å². The number of hydrogen-bond donors (Lipinski definition) is 1. The zero-order valence-electron chi connectivity index (χ0n) is 12.9. The molecule has 0 saturated heterocycles. The third-order valence-electron chi connectivity index (χ3n) is 5.08. The standard InChI is InChI=1S/C19H24O/c1-5-19(4,16-13-9-10-14-17(16)20)18(2,3)15-11-7-6-8-12-15/h6-14,20H,5H2,1-4H3. The first kappa shape index (κ1) is 14.6. The lowest BCUT2D eigenvalue weighted by atomic mass is 9.58. The summed E-state index contributed by atoms with van der Waals surface area (Å²) in [6.45, 7) is 8.96. The van der Waals surface area contributed by atoms with Gasteiger partial charge in [0.15, 0.2) is 0 Å². The van der Waals surface area contributed by atoms with Crippen LogP contribution in [-0.4, -0.2) is 5.11 Å². The van der Waals surface area contributed by atoms with Gasteiger partial charge in [-0.25, -0.2) is 0 Å². The van der Waals surface area contributed by atoms with Crippen molar-refractivity contribution in [3.8, 4) is 5.75 Å². The topological polar surface area (TPSA) is 20.2 Å². The predicted molar refractivity (Wildman–Crippen MR) is 85.2 cm³/mol. The zero-order valence-corrected chi connectivity index (χ0v) is 12.9. The van der Waals surface area contributed by atoms with E-state index in [0.717, 1.165) is 12.0 Å². The van der Waals surface area contributed by atoms with Crippen molar-refractivity contribution in [1.29, 1.82) is 0 Å². The van der Waals surface area contributed by atoms with Crippen molar-refractivity contribution in [3.63, 3.8) is 0 Å². The molecule has 2 aromatic rings. The Kier molecular flexibility index (Phi) is 3.89. The molecular weight excluding hydrogens is 244 g/mol. The maximum atomic E-state index is 10.3. The fourth-order valence-electron chi connectivity index (χ4n) is 3.08. The second-order valence-corrected chi connectivity index (χ2v) is 6.19. The molecule has 0 saturated carbocycles. The first-order chi connectivity index (χ1) is 9.43. The number of benzene rings is 2. The summed E-state index contributed by atoms with van der Waals surface area (Å²) in [5.74, 6) is 0.390. The third-order valence-corrected chi connectivity index (χ3v) is 5.08. The van der Waals surface area contributed by atoms with Crippen molar-refractivity contribution in [3.05, 3.63) is 65.7 Å². The van der Waals surface area contributed by atoms with Gasteiger partial charge < -0.3 is 5.11 Å². The summed E-state index contributed by atoms with van der Waals surface area (Å²) in [5, 5.41) is 10.3. The predicted octanol–water partition coefficient (Wildman–Crippen LogP) is 5.04. The summed E-state index contributed by atoms with van der Waals surface area (Å²) in [6.07, 6.45) is 0.965. The molecule has 0 radical (unpaired) electrons. The van der Waals surface area contributed by atoms with Crippen LogP contribution in [0.5, 0.6) is 5.75 Å². The Balaban J connectivity index is 2.59. The van der Waals surface area contributed by atoms with E-state index in [9.17, 15) is 5.11 Å². The van der Waals surface area contributed by atoms with Gasteiger partial charge in [0.25, 0.3) is 0 Å². The number of phenolic OH excluding ortho intramolecular Hbond substituents is 1. The van der Waals surface area contributed by atoms with Gasteiger partial charge in [-0.05, 0) is 23.5 Å². The smallest absolute Gasteiger partial charge is 0.119 e. The SMILES string of the molecule is CCC(C)(c1ccccc1O)C(C)(C)c1ccccc1. The number of hydrogen-bond acceptors (Lipinski definition) is 1. The molecule has 0 amide bonds. The molecule has 2 rings (SSSR count). The minimum Gasteiger partial charge on any atom is -0.508 e. The molecule has 106 valence electrons. The van der Waals surface area contributed by atoms with Crippen LogP contribution in [0.2, 0.25) is 0 Å². The number of aromatic hydroxyl groups is 1. The number of rotatable bonds is 4. The van der Waals surface area contributed by atoms with E-state index in [0.29, 0.717) is 5.75 Å². The Morgan fingerprint density at radius 3 is 1.95 bits per heavy atom. The van der Waals surface area contributed by atoms with Gasteiger partial charge in [-0.3, -0.25) is 0 Å². The van der Waals surface area contributed by atoms with Gasteiger partial charge in [0, 0.05) is 11.0 Å². The first-order valence-electron chi connectivity index (χ1n) is 7.27. The van der Waals surface area contributed by atoms with E-state index in [1.807, 2.05) is 24.3 Å². The molecule has 0 aliphatic heterocycles. The van der Waals surface area contributed by atoms with Gasteiger partial charge in [0.05, 0.1) is 0 Å². The molecule has 0 heterocycles. The fourth-order valence-corrected chi connectivity index (χ4v) is 3.08. The quantitative estimate of drug-likeness (QED) is 0.823. The van der Waals surface area contributed by atoms with Crippen LogP contribution in [0.15, 0.2) is 54.6 Å². The highest BCUT2D eigenvalue weighted by Crippen LogP contribution is 2.48.